The Hall–Kier alpha value is -0.410. The van der Waals surface area contributed by atoms with Gasteiger partial charge in [0, 0.05) is 11.7 Å². The summed E-state index contributed by atoms with van der Waals surface area (Å²) < 4.78 is 0.893. The van der Waals surface area contributed by atoms with Gasteiger partial charge in [0.05, 0.1) is 0 Å². The first kappa shape index (κ1) is 9.68. The van der Waals surface area contributed by atoms with Gasteiger partial charge in [0.1, 0.15) is 4.60 Å². The van der Waals surface area contributed by atoms with Crippen LogP contribution in [0.3, 0.4) is 0 Å². The fourth-order valence-electron chi connectivity index (χ4n) is 0.965. The number of pyridine rings is 1. The Balaban J connectivity index is 2.52. The minimum atomic E-state index is 0.255. The lowest BCUT2D eigenvalue weighted by Gasteiger charge is -2.03. The van der Waals surface area contributed by atoms with Crippen molar-refractivity contribution in [2.75, 3.05) is 0 Å². The molecule has 0 radical (unpaired) electrons. The molecule has 0 amide bonds. The molecule has 0 aliphatic rings. The Morgan fingerprint density at radius 1 is 1.58 bits per heavy atom. The maximum atomic E-state index is 5.64. The topological polar surface area (TPSA) is 38.9 Å². The molecule has 0 fully saturated rings. The van der Waals surface area contributed by atoms with Crippen LogP contribution in [0.25, 0.3) is 0 Å². The third kappa shape index (κ3) is 3.32. The molecular formula is C9H13BrN2. The molecule has 1 aromatic heterocycles. The van der Waals surface area contributed by atoms with Crippen molar-refractivity contribution in [3.05, 3.63) is 28.5 Å². The van der Waals surface area contributed by atoms with Gasteiger partial charge in [-0.05, 0) is 47.8 Å². The molecule has 0 aliphatic heterocycles. The SMILES string of the molecule is C[C@@H](N)CCc1cccc(Br)n1. The van der Waals surface area contributed by atoms with Crippen LogP contribution in [0.5, 0.6) is 0 Å². The van der Waals surface area contributed by atoms with E-state index in [0.29, 0.717) is 0 Å². The second-order valence-electron chi connectivity index (χ2n) is 2.97. The highest BCUT2D eigenvalue weighted by Crippen LogP contribution is 2.08. The lowest BCUT2D eigenvalue weighted by Crippen LogP contribution is -2.15. The van der Waals surface area contributed by atoms with Crippen LogP contribution in [-0.2, 0) is 6.42 Å². The predicted molar refractivity (Wildman–Crippen MR) is 53.9 cm³/mol. The number of halogens is 1. The summed E-state index contributed by atoms with van der Waals surface area (Å²) in [4.78, 5) is 4.31. The summed E-state index contributed by atoms with van der Waals surface area (Å²) in [7, 11) is 0. The van der Waals surface area contributed by atoms with Crippen molar-refractivity contribution in [2.45, 2.75) is 25.8 Å². The molecule has 0 aromatic carbocycles. The smallest absolute Gasteiger partial charge is 0.106 e. The highest BCUT2D eigenvalue weighted by Gasteiger charge is 1.98. The average Bonchev–Trinajstić information content (AvgIpc) is 2.01. The molecule has 2 nitrogen and oxygen atoms in total. The maximum absolute atomic E-state index is 5.64. The monoisotopic (exact) mass is 228 g/mol. The zero-order valence-electron chi connectivity index (χ0n) is 7.13. The van der Waals surface area contributed by atoms with E-state index >= 15 is 0 Å². The standard InChI is InChI=1S/C9H13BrN2/c1-7(11)5-6-8-3-2-4-9(10)12-8/h2-4,7H,5-6,11H2,1H3/t7-/m1/s1. The van der Waals surface area contributed by atoms with Crippen molar-refractivity contribution in [1.82, 2.24) is 4.98 Å². The largest absolute Gasteiger partial charge is 0.328 e. The van der Waals surface area contributed by atoms with Crippen molar-refractivity contribution >= 4 is 15.9 Å². The third-order valence-corrected chi connectivity index (χ3v) is 2.07. The Kier molecular flexibility index (Phi) is 3.69. The first-order chi connectivity index (χ1) is 5.68. The molecule has 0 bridgehead atoms. The summed E-state index contributed by atoms with van der Waals surface area (Å²) in [5, 5.41) is 0. The van der Waals surface area contributed by atoms with Crippen molar-refractivity contribution < 1.29 is 0 Å². The summed E-state index contributed by atoms with van der Waals surface area (Å²) >= 11 is 3.33. The van der Waals surface area contributed by atoms with Crippen LogP contribution in [0.2, 0.25) is 0 Å². The average molecular weight is 229 g/mol. The van der Waals surface area contributed by atoms with Gasteiger partial charge >= 0.3 is 0 Å². The summed E-state index contributed by atoms with van der Waals surface area (Å²) in [6.45, 7) is 2.01. The lowest BCUT2D eigenvalue weighted by atomic mass is 10.1. The zero-order chi connectivity index (χ0) is 8.97. The van der Waals surface area contributed by atoms with Gasteiger partial charge in [-0.3, -0.25) is 0 Å². The van der Waals surface area contributed by atoms with E-state index in [4.69, 9.17) is 5.73 Å². The lowest BCUT2D eigenvalue weighted by molar-refractivity contribution is 0.657. The molecule has 2 N–H and O–H groups in total. The Bertz CT molecular complexity index is 248. The van der Waals surface area contributed by atoms with E-state index in [0.717, 1.165) is 23.1 Å². The van der Waals surface area contributed by atoms with E-state index in [9.17, 15) is 0 Å². The number of hydrogen-bond donors (Lipinski definition) is 1. The first-order valence-electron chi connectivity index (χ1n) is 4.05. The van der Waals surface area contributed by atoms with Crippen molar-refractivity contribution in [3.63, 3.8) is 0 Å². The van der Waals surface area contributed by atoms with Gasteiger partial charge in [0.25, 0.3) is 0 Å². The summed E-state index contributed by atoms with van der Waals surface area (Å²) in [5.74, 6) is 0. The Morgan fingerprint density at radius 2 is 2.33 bits per heavy atom. The molecule has 66 valence electrons. The maximum Gasteiger partial charge on any atom is 0.106 e. The summed E-state index contributed by atoms with van der Waals surface area (Å²) in [5.41, 5.74) is 6.74. The Morgan fingerprint density at radius 3 is 2.92 bits per heavy atom. The van der Waals surface area contributed by atoms with Crippen molar-refractivity contribution in [2.24, 2.45) is 5.73 Å². The fourth-order valence-corrected chi connectivity index (χ4v) is 1.35. The molecule has 12 heavy (non-hydrogen) atoms. The number of aryl methyl sites for hydroxylation is 1. The number of nitrogens with two attached hydrogens (primary N) is 1. The normalized spacial score (nSPS) is 12.9. The molecule has 0 aliphatic carbocycles. The molecular weight excluding hydrogens is 216 g/mol. The molecule has 3 heteroatoms. The van der Waals surface area contributed by atoms with E-state index in [2.05, 4.69) is 20.9 Å². The minimum Gasteiger partial charge on any atom is -0.328 e. The van der Waals surface area contributed by atoms with Gasteiger partial charge < -0.3 is 5.73 Å². The predicted octanol–water partition coefficient (Wildman–Crippen LogP) is 2.12. The molecule has 0 saturated heterocycles. The molecule has 1 rings (SSSR count). The van der Waals surface area contributed by atoms with Crippen molar-refractivity contribution in [3.8, 4) is 0 Å². The second kappa shape index (κ2) is 4.58. The molecule has 0 spiro atoms. The number of aromatic nitrogens is 1. The van der Waals surface area contributed by atoms with E-state index in [1.165, 1.54) is 0 Å². The third-order valence-electron chi connectivity index (χ3n) is 1.63. The van der Waals surface area contributed by atoms with Gasteiger partial charge in [0.2, 0.25) is 0 Å². The quantitative estimate of drug-likeness (QED) is 0.806. The van der Waals surface area contributed by atoms with Gasteiger partial charge in [-0.15, -0.1) is 0 Å². The van der Waals surface area contributed by atoms with Gasteiger partial charge in [0.15, 0.2) is 0 Å². The number of rotatable bonds is 3. The summed E-state index contributed by atoms with van der Waals surface area (Å²) in [6, 6.07) is 6.20. The van der Waals surface area contributed by atoms with Gasteiger partial charge in [-0.2, -0.15) is 0 Å². The second-order valence-corrected chi connectivity index (χ2v) is 3.78. The zero-order valence-corrected chi connectivity index (χ0v) is 8.71. The van der Waals surface area contributed by atoms with Crippen LogP contribution in [0.1, 0.15) is 19.0 Å². The Labute approximate surface area is 81.3 Å². The van der Waals surface area contributed by atoms with Crippen LogP contribution >= 0.6 is 15.9 Å². The number of nitrogens with zero attached hydrogens (tertiary/aromatic N) is 1. The minimum absolute atomic E-state index is 0.255. The fraction of sp³-hybridized carbons (Fsp3) is 0.444. The van der Waals surface area contributed by atoms with E-state index in [1.54, 1.807) is 0 Å². The van der Waals surface area contributed by atoms with Crippen LogP contribution in [0.15, 0.2) is 22.8 Å². The highest BCUT2D eigenvalue weighted by molar-refractivity contribution is 9.10. The van der Waals surface area contributed by atoms with Gasteiger partial charge in [-0.1, -0.05) is 6.07 Å². The molecule has 0 saturated carbocycles. The van der Waals surface area contributed by atoms with Crippen LogP contribution < -0.4 is 5.73 Å². The first-order valence-corrected chi connectivity index (χ1v) is 4.85. The van der Waals surface area contributed by atoms with Crippen molar-refractivity contribution in [1.29, 1.82) is 0 Å². The molecule has 0 unspecified atom stereocenters. The van der Waals surface area contributed by atoms with Crippen LogP contribution in [0.4, 0.5) is 0 Å². The molecule has 1 atom stereocenters. The molecule has 1 aromatic rings. The van der Waals surface area contributed by atoms with E-state index in [-0.39, 0.29) is 6.04 Å². The highest BCUT2D eigenvalue weighted by atomic mass is 79.9. The van der Waals surface area contributed by atoms with Crippen LogP contribution in [-0.4, -0.2) is 11.0 Å². The van der Waals surface area contributed by atoms with E-state index in [1.807, 2.05) is 25.1 Å². The van der Waals surface area contributed by atoms with Gasteiger partial charge in [-0.25, -0.2) is 4.98 Å². The van der Waals surface area contributed by atoms with E-state index < -0.39 is 0 Å². The summed E-state index contributed by atoms with van der Waals surface area (Å²) in [6.07, 6.45) is 1.94. The number of hydrogen-bond acceptors (Lipinski definition) is 2. The van der Waals surface area contributed by atoms with Crippen LogP contribution in [0, 0.1) is 0 Å². The molecule has 1 heterocycles.